The summed E-state index contributed by atoms with van der Waals surface area (Å²) < 4.78 is 5.66. The van der Waals surface area contributed by atoms with E-state index < -0.39 is 5.43 Å². The first-order valence-corrected chi connectivity index (χ1v) is 7.21. The zero-order chi connectivity index (χ0) is 15.0. The summed E-state index contributed by atoms with van der Waals surface area (Å²) in [6.45, 7) is 0.407. The molecule has 1 fully saturated rings. The van der Waals surface area contributed by atoms with Crippen LogP contribution in [0, 0.1) is 5.92 Å². The number of fused-ring (bicyclic) bond motifs is 1. The van der Waals surface area contributed by atoms with E-state index in [2.05, 4.69) is 12.6 Å². The minimum atomic E-state index is -0.413. The number of thiol groups is 1. The van der Waals surface area contributed by atoms with Crippen LogP contribution in [0.4, 0.5) is 5.88 Å². The quantitative estimate of drug-likeness (QED) is 0.694. The Morgan fingerprint density at radius 3 is 2.76 bits per heavy atom. The Hall–Kier alpha value is -2.08. The predicted molar refractivity (Wildman–Crippen MR) is 82.2 cm³/mol. The first kappa shape index (κ1) is 13.9. The number of anilines is 1. The molecular formula is C15H13NO4S. The van der Waals surface area contributed by atoms with Crippen LogP contribution in [-0.2, 0) is 4.79 Å². The van der Waals surface area contributed by atoms with Crippen molar-refractivity contribution in [1.29, 1.82) is 0 Å². The van der Waals surface area contributed by atoms with E-state index in [-0.39, 0.29) is 23.3 Å². The molecule has 0 N–H and O–H groups in total. The molecular weight excluding hydrogens is 290 g/mol. The van der Waals surface area contributed by atoms with E-state index in [1.165, 1.54) is 4.90 Å². The van der Waals surface area contributed by atoms with Gasteiger partial charge in [-0.15, -0.1) is 0 Å². The van der Waals surface area contributed by atoms with Crippen LogP contribution in [-0.4, -0.2) is 24.5 Å². The van der Waals surface area contributed by atoms with Crippen LogP contribution < -0.4 is 10.3 Å². The standard InChI is InChI=1S/C15H13NO4S/c17-7-11-14(19)10-3-1-2-4-12(10)20-15(11)16-6-9(8-21)5-13(16)18/h1-4,7,9,21H,5-6,8H2. The van der Waals surface area contributed by atoms with Gasteiger partial charge in [-0.2, -0.15) is 12.6 Å². The van der Waals surface area contributed by atoms with Gasteiger partial charge in [0.2, 0.25) is 17.2 Å². The maximum Gasteiger partial charge on any atom is 0.229 e. The molecule has 21 heavy (non-hydrogen) atoms. The van der Waals surface area contributed by atoms with Crippen LogP contribution in [0.1, 0.15) is 16.8 Å². The van der Waals surface area contributed by atoms with Gasteiger partial charge in [-0.05, 0) is 23.8 Å². The van der Waals surface area contributed by atoms with Crippen molar-refractivity contribution in [2.75, 3.05) is 17.2 Å². The third kappa shape index (κ3) is 2.25. The Morgan fingerprint density at radius 1 is 1.33 bits per heavy atom. The molecule has 0 aliphatic carbocycles. The molecule has 108 valence electrons. The fourth-order valence-corrected chi connectivity index (χ4v) is 2.79. The average molecular weight is 303 g/mol. The second-order valence-electron chi connectivity index (χ2n) is 5.02. The predicted octanol–water partition coefficient (Wildman–Crippen LogP) is 1.89. The second-order valence-corrected chi connectivity index (χ2v) is 5.39. The number of hydrogen-bond donors (Lipinski definition) is 1. The summed E-state index contributed by atoms with van der Waals surface area (Å²) in [5, 5.41) is 0.334. The largest absolute Gasteiger partial charge is 0.439 e. The minimum Gasteiger partial charge on any atom is -0.439 e. The van der Waals surface area contributed by atoms with Crippen LogP contribution >= 0.6 is 12.6 Å². The lowest BCUT2D eigenvalue weighted by Gasteiger charge is -2.16. The Bertz CT molecular complexity index is 783. The van der Waals surface area contributed by atoms with Gasteiger partial charge in [0.1, 0.15) is 11.1 Å². The topological polar surface area (TPSA) is 67.6 Å². The van der Waals surface area contributed by atoms with E-state index >= 15 is 0 Å². The molecule has 2 aromatic rings. The van der Waals surface area contributed by atoms with Crippen LogP contribution in [0.15, 0.2) is 33.5 Å². The van der Waals surface area contributed by atoms with Crippen molar-refractivity contribution >= 4 is 41.7 Å². The molecule has 1 aromatic carbocycles. The summed E-state index contributed by atoms with van der Waals surface area (Å²) in [5.41, 5.74) is -0.156. The fraction of sp³-hybridized carbons (Fsp3) is 0.267. The molecule has 0 saturated carbocycles. The molecule has 1 aliphatic rings. The smallest absolute Gasteiger partial charge is 0.229 e. The van der Waals surface area contributed by atoms with Gasteiger partial charge in [-0.3, -0.25) is 19.3 Å². The summed E-state index contributed by atoms with van der Waals surface area (Å²) in [5.74, 6) is 0.548. The van der Waals surface area contributed by atoms with Gasteiger partial charge in [-0.1, -0.05) is 12.1 Å². The van der Waals surface area contributed by atoms with Crippen LogP contribution in [0.25, 0.3) is 11.0 Å². The number of rotatable bonds is 3. The Kier molecular flexibility index (Phi) is 3.55. The van der Waals surface area contributed by atoms with E-state index in [0.717, 1.165) is 0 Å². The van der Waals surface area contributed by atoms with Gasteiger partial charge in [0.15, 0.2) is 6.29 Å². The van der Waals surface area contributed by atoms with Gasteiger partial charge in [-0.25, -0.2) is 0 Å². The van der Waals surface area contributed by atoms with E-state index in [1.54, 1.807) is 24.3 Å². The molecule has 1 atom stereocenters. The molecule has 5 nitrogen and oxygen atoms in total. The highest BCUT2D eigenvalue weighted by Crippen LogP contribution is 2.29. The monoisotopic (exact) mass is 303 g/mol. The first-order chi connectivity index (χ1) is 10.2. The third-order valence-corrected chi connectivity index (χ3v) is 4.16. The maximum absolute atomic E-state index is 12.4. The lowest BCUT2D eigenvalue weighted by molar-refractivity contribution is -0.117. The molecule has 0 radical (unpaired) electrons. The number of carbonyl (C=O) groups is 2. The van der Waals surface area contributed by atoms with Crippen molar-refractivity contribution in [3.63, 3.8) is 0 Å². The van der Waals surface area contributed by atoms with Crippen molar-refractivity contribution in [3.8, 4) is 0 Å². The molecule has 6 heteroatoms. The number of nitrogens with zero attached hydrogens (tertiary/aromatic N) is 1. The lowest BCUT2D eigenvalue weighted by Crippen LogP contribution is -2.28. The number of aldehydes is 1. The van der Waals surface area contributed by atoms with Gasteiger partial charge in [0.05, 0.1) is 5.39 Å². The van der Waals surface area contributed by atoms with Gasteiger partial charge >= 0.3 is 0 Å². The van der Waals surface area contributed by atoms with Crippen LogP contribution in [0.2, 0.25) is 0 Å². The summed E-state index contributed by atoms with van der Waals surface area (Å²) >= 11 is 4.20. The Labute approximate surface area is 126 Å². The summed E-state index contributed by atoms with van der Waals surface area (Å²) in [4.78, 5) is 37.1. The SMILES string of the molecule is O=Cc1c(N2CC(CS)CC2=O)oc2ccccc2c1=O. The molecule has 1 aromatic heterocycles. The normalized spacial score (nSPS) is 18.4. The van der Waals surface area contributed by atoms with Crippen LogP contribution in [0.3, 0.4) is 0 Å². The fourth-order valence-electron chi connectivity index (χ4n) is 2.55. The molecule has 3 rings (SSSR count). The Morgan fingerprint density at radius 2 is 2.10 bits per heavy atom. The highest BCUT2D eigenvalue weighted by atomic mass is 32.1. The van der Waals surface area contributed by atoms with Gasteiger partial charge in [0, 0.05) is 13.0 Å². The van der Waals surface area contributed by atoms with E-state index in [4.69, 9.17) is 4.42 Å². The molecule has 1 amide bonds. The number of para-hydroxylation sites is 1. The van der Waals surface area contributed by atoms with Gasteiger partial charge in [0.25, 0.3) is 0 Å². The number of benzene rings is 1. The average Bonchev–Trinajstić information content (AvgIpc) is 2.88. The highest BCUT2D eigenvalue weighted by molar-refractivity contribution is 7.80. The summed E-state index contributed by atoms with van der Waals surface area (Å²) in [6.07, 6.45) is 0.799. The molecule has 2 heterocycles. The number of hydrogen-bond acceptors (Lipinski definition) is 5. The second kappa shape index (κ2) is 5.37. The van der Waals surface area contributed by atoms with Crippen molar-refractivity contribution in [1.82, 2.24) is 0 Å². The molecule has 0 spiro atoms. The third-order valence-electron chi connectivity index (χ3n) is 3.64. The van der Waals surface area contributed by atoms with E-state index in [1.807, 2.05) is 0 Å². The van der Waals surface area contributed by atoms with Crippen molar-refractivity contribution in [2.24, 2.45) is 5.92 Å². The summed E-state index contributed by atoms with van der Waals surface area (Å²) in [7, 11) is 0. The highest BCUT2D eigenvalue weighted by Gasteiger charge is 2.33. The minimum absolute atomic E-state index is 0.0444. The van der Waals surface area contributed by atoms with E-state index in [0.29, 0.717) is 36.0 Å². The van der Waals surface area contributed by atoms with Crippen molar-refractivity contribution in [3.05, 3.63) is 40.1 Å². The maximum atomic E-state index is 12.4. The first-order valence-electron chi connectivity index (χ1n) is 6.58. The molecule has 0 bridgehead atoms. The van der Waals surface area contributed by atoms with Gasteiger partial charge < -0.3 is 4.42 Å². The zero-order valence-corrected chi connectivity index (χ0v) is 12.0. The number of carbonyl (C=O) groups excluding carboxylic acids is 2. The van der Waals surface area contributed by atoms with Crippen molar-refractivity contribution in [2.45, 2.75) is 6.42 Å². The van der Waals surface area contributed by atoms with E-state index in [9.17, 15) is 14.4 Å². The summed E-state index contributed by atoms with van der Waals surface area (Å²) in [6, 6.07) is 6.68. The lowest BCUT2D eigenvalue weighted by atomic mass is 10.1. The number of amides is 1. The molecule has 1 saturated heterocycles. The van der Waals surface area contributed by atoms with Crippen molar-refractivity contribution < 1.29 is 14.0 Å². The molecule has 1 unspecified atom stereocenters. The molecule has 1 aliphatic heterocycles. The zero-order valence-electron chi connectivity index (χ0n) is 11.1. The Balaban J connectivity index is 2.20. The van der Waals surface area contributed by atoms with Crippen LogP contribution in [0.5, 0.6) is 0 Å².